The molecule has 3 rings (SSSR count). The van der Waals surface area contributed by atoms with Gasteiger partial charge in [0.25, 0.3) is 0 Å². The Labute approximate surface area is 208 Å². The lowest BCUT2D eigenvalue weighted by molar-refractivity contribution is -0.136. The Morgan fingerprint density at radius 3 is 2.18 bits per heavy atom. The average molecular weight is 469 g/mol. The summed E-state index contributed by atoms with van der Waals surface area (Å²) in [6, 6.07) is 8.70. The van der Waals surface area contributed by atoms with E-state index in [1.165, 1.54) is 44.1 Å². The molecule has 3 heteroatoms. The third-order valence-electron chi connectivity index (χ3n) is 8.30. The fourth-order valence-corrected chi connectivity index (χ4v) is 6.04. The topological polar surface area (TPSA) is 43.4 Å². The summed E-state index contributed by atoms with van der Waals surface area (Å²) < 4.78 is 5.89. The summed E-state index contributed by atoms with van der Waals surface area (Å²) in [5.41, 5.74) is 1.40. The van der Waals surface area contributed by atoms with Gasteiger partial charge in [0.05, 0.1) is 12.5 Å². The van der Waals surface area contributed by atoms with Gasteiger partial charge in [0, 0.05) is 12.8 Å². The molecule has 0 saturated heterocycles. The van der Waals surface area contributed by atoms with E-state index in [1.807, 2.05) is 0 Å². The first-order valence-electron chi connectivity index (χ1n) is 14.4. The first-order chi connectivity index (χ1) is 16.6. The SMILES string of the molecule is CCCCCCOc1ccc(C2CCC(CC(=O)C3CCC(CCCCC)CC3=O)CC2)cc1. The first kappa shape index (κ1) is 27.0. The highest BCUT2D eigenvalue weighted by atomic mass is 16.5. The summed E-state index contributed by atoms with van der Waals surface area (Å²) in [4.78, 5) is 25.6. The van der Waals surface area contributed by atoms with Crippen LogP contribution in [0.15, 0.2) is 24.3 Å². The van der Waals surface area contributed by atoms with E-state index in [0.29, 0.717) is 30.6 Å². The summed E-state index contributed by atoms with van der Waals surface area (Å²) >= 11 is 0. The predicted octanol–water partition coefficient (Wildman–Crippen LogP) is 8.44. The molecule has 2 atom stereocenters. The van der Waals surface area contributed by atoms with E-state index in [2.05, 4.69) is 38.1 Å². The molecule has 0 bridgehead atoms. The first-order valence-corrected chi connectivity index (χ1v) is 14.4. The number of unbranched alkanes of at least 4 members (excludes halogenated alkanes) is 5. The highest BCUT2D eigenvalue weighted by Crippen LogP contribution is 2.39. The molecule has 0 N–H and O–H groups in total. The Bertz CT molecular complexity index is 730. The highest BCUT2D eigenvalue weighted by Gasteiger charge is 2.34. The van der Waals surface area contributed by atoms with Gasteiger partial charge in [-0.25, -0.2) is 0 Å². The molecule has 0 spiro atoms. The minimum absolute atomic E-state index is 0.235. The van der Waals surface area contributed by atoms with Crippen LogP contribution in [0.2, 0.25) is 0 Å². The van der Waals surface area contributed by atoms with Gasteiger partial charge in [-0.1, -0.05) is 70.9 Å². The van der Waals surface area contributed by atoms with Crippen LogP contribution in [0.25, 0.3) is 0 Å². The third-order valence-corrected chi connectivity index (χ3v) is 8.30. The van der Waals surface area contributed by atoms with E-state index in [4.69, 9.17) is 4.74 Å². The van der Waals surface area contributed by atoms with Crippen molar-refractivity contribution in [2.24, 2.45) is 17.8 Å². The molecule has 2 saturated carbocycles. The fraction of sp³-hybridized carbons (Fsp3) is 0.742. The number of ether oxygens (including phenoxy) is 1. The van der Waals surface area contributed by atoms with Crippen molar-refractivity contribution >= 4 is 11.6 Å². The normalized spacial score (nSPS) is 25.3. The monoisotopic (exact) mass is 468 g/mol. The lowest BCUT2D eigenvalue weighted by atomic mass is 9.73. The molecule has 2 aliphatic carbocycles. The number of hydrogen-bond donors (Lipinski definition) is 0. The maximum Gasteiger partial charge on any atom is 0.143 e. The Morgan fingerprint density at radius 2 is 1.50 bits per heavy atom. The Morgan fingerprint density at radius 1 is 0.824 bits per heavy atom. The number of carbonyl (C=O) groups excluding carboxylic acids is 2. The zero-order valence-corrected chi connectivity index (χ0v) is 21.9. The van der Waals surface area contributed by atoms with Gasteiger partial charge in [-0.3, -0.25) is 9.59 Å². The van der Waals surface area contributed by atoms with Crippen molar-refractivity contribution in [1.29, 1.82) is 0 Å². The van der Waals surface area contributed by atoms with Gasteiger partial charge in [-0.15, -0.1) is 0 Å². The van der Waals surface area contributed by atoms with Crippen LogP contribution in [0.5, 0.6) is 5.75 Å². The highest BCUT2D eigenvalue weighted by molar-refractivity contribution is 6.02. The summed E-state index contributed by atoms with van der Waals surface area (Å²) in [7, 11) is 0. The van der Waals surface area contributed by atoms with Crippen LogP contribution in [0, 0.1) is 17.8 Å². The molecular weight excluding hydrogens is 420 g/mol. The maximum atomic E-state index is 12.9. The zero-order valence-electron chi connectivity index (χ0n) is 21.9. The van der Waals surface area contributed by atoms with Gasteiger partial charge in [0.1, 0.15) is 17.3 Å². The molecule has 190 valence electrons. The van der Waals surface area contributed by atoms with Gasteiger partial charge < -0.3 is 4.74 Å². The van der Waals surface area contributed by atoms with E-state index < -0.39 is 0 Å². The van der Waals surface area contributed by atoms with Gasteiger partial charge in [0.2, 0.25) is 0 Å². The molecule has 0 aromatic heterocycles. The predicted molar refractivity (Wildman–Crippen MR) is 140 cm³/mol. The second-order valence-electron chi connectivity index (χ2n) is 11.0. The summed E-state index contributed by atoms with van der Waals surface area (Å²) in [6.07, 6.45) is 17.4. The smallest absolute Gasteiger partial charge is 0.143 e. The lowest BCUT2D eigenvalue weighted by Crippen LogP contribution is -2.32. The quantitative estimate of drug-likeness (QED) is 0.203. The number of hydrogen-bond acceptors (Lipinski definition) is 3. The summed E-state index contributed by atoms with van der Waals surface area (Å²) in [5, 5.41) is 0. The fourth-order valence-electron chi connectivity index (χ4n) is 6.04. The van der Waals surface area contributed by atoms with Crippen LogP contribution >= 0.6 is 0 Å². The standard InChI is InChI=1S/C31H48O3/c1-3-5-7-9-21-34-28-18-16-27(17-19-28)26-14-11-25(12-15-26)23-31(33)29-20-13-24(22-30(29)32)10-8-6-4-2/h16-19,24-26,29H,3-15,20-23H2,1-2H3. The van der Waals surface area contributed by atoms with Gasteiger partial charge in [-0.2, -0.15) is 0 Å². The van der Waals surface area contributed by atoms with Crippen molar-refractivity contribution in [2.45, 2.75) is 122 Å². The minimum Gasteiger partial charge on any atom is -0.494 e. The van der Waals surface area contributed by atoms with Crippen molar-refractivity contribution in [3.63, 3.8) is 0 Å². The van der Waals surface area contributed by atoms with Crippen LogP contribution in [0.4, 0.5) is 0 Å². The van der Waals surface area contributed by atoms with E-state index in [-0.39, 0.29) is 17.5 Å². The zero-order chi connectivity index (χ0) is 24.2. The average Bonchev–Trinajstić information content (AvgIpc) is 2.85. The molecule has 2 fully saturated rings. The van der Waals surface area contributed by atoms with E-state index >= 15 is 0 Å². The molecule has 2 unspecified atom stereocenters. The Balaban J connectivity index is 1.36. The van der Waals surface area contributed by atoms with Crippen LogP contribution in [-0.4, -0.2) is 18.2 Å². The van der Waals surface area contributed by atoms with Crippen molar-refractivity contribution in [2.75, 3.05) is 6.61 Å². The van der Waals surface area contributed by atoms with Gasteiger partial charge in [0.15, 0.2) is 0 Å². The van der Waals surface area contributed by atoms with Gasteiger partial charge >= 0.3 is 0 Å². The molecule has 3 nitrogen and oxygen atoms in total. The molecular formula is C31H48O3. The molecule has 0 aliphatic heterocycles. The third kappa shape index (κ3) is 8.54. The minimum atomic E-state index is -0.297. The molecule has 1 aromatic rings. The summed E-state index contributed by atoms with van der Waals surface area (Å²) in [5.74, 6) is 2.73. The van der Waals surface area contributed by atoms with Crippen LogP contribution in [0.3, 0.4) is 0 Å². The number of benzene rings is 1. The second kappa shape index (κ2) is 14.7. The van der Waals surface area contributed by atoms with Crippen LogP contribution < -0.4 is 4.74 Å². The van der Waals surface area contributed by atoms with Crippen molar-refractivity contribution in [3.8, 4) is 5.75 Å². The van der Waals surface area contributed by atoms with Crippen LogP contribution in [0.1, 0.15) is 128 Å². The number of Topliss-reactive ketones (excluding diaryl/α,β-unsaturated/α-hetero) is 2. The Kier molecular flexibility index (Phi) is 11.6. The van der Waals surface area contributed by atoms with Crippen molar-refractivity contribution in [1.82, 2.24) is 0 Å². The van der Waals surface area contributed by atoms with Crippen molar-refractivity contribution < 1.29 is 14.3 Å². The molecule has 34 heavy (non-hydrogen) atoms. The van der Waals surface area contributed by atoms with Crippen LogP contribution in [-0.2, 0) is 9.59 Å². The van der Waals surface area contributed by atoms with Crippen molar-refractivity contribution in [3.05, 3.63) is 29.8 Å². The molecule has 0 radical (unpaired) electrons. The number of ketones is 2. The molecule has 2 aliphatic rings. The van der Waals surface area contributed by atoms with E-state index in [1.54, 1.807) is 0 Å². The number of rotatable bonds is 14. The second-order valence-corrected chi connectivity index (χ2v) is 11.0. The number of carbonyl (C=O) groups is 2. The largest absolute Gasteiger partial charge is 0.494 e. The Hall–Kier alpha value is -1.64. The van der Waals surface area contributed by atoms with E-state index in [9.17, 15) is 9.59 Å². The molecule has 0 heterocycles. The maximum absolute atomic E-state index is 12.9. The molecule has 0 amide bonds. The van der Waals surface area contributed by atoms with E-state index in [0.717, 1.165) is 63.7 Å². The lowest BCUT2D eigenvalue weighted by Gasteiger charge is -2.31. The van der Waals surface area contributed by atoms with Gasteiger partial charge in [-0.05, 0) is 80.4 Å². The summed E-state index contributed by atoms with van der Waals surface area (Å²) in [6.45, 7) is 5.25. The molecule has 1 aromatic carbocycles.